The van der Waals surface area contributed by atoms with Gasteiger partial charge >= 0.3 is 273 Å². The van der Waals surface area contributed by atoms with Crippen molar-refractivity contribution in [2.24, 2.45) is 0 Å². The van der Waals surface area contributed by atoms with Crippen molar-refractivity contribution < 1.29 is 48.0 Å². The van der Waals surface area contributed by atoms with Crippen molar-refractivity contribution in [2.75, 3.05) is 0 Å². The van der Waals surface area contributed by atoms with E-state index in [1.54, 1.807) is 22.3 Å². The van der Waals surface area contributed by atoms with Crippen LogP contribution >= 0.6 is 0 Å². The first-order valence-corrected chi connectivity index (χ1v) is 19.7. The van der Waals surface area contributed by atoms with Crippen LogP contribution < -0.4 is 24.8 Å². The summed E-state index contributed by atoms with van der Waals surface area (Å²) in [5.74, 6) is 0. The van der Waals surface area contributed by atoms with Crippen LogP contribution in [0.25, 0.3) is 34.4 Å². The maximum absolute atomic E-state index is 2.63. The molecule has 0 saturated carbocycles. The molecule has 0 amide bonds. The Hall–Kier alpha value is -2.18. The Labute approximate surface area is 296 Å². The standard InChI is InChI=1S/2C21H23.2ClH.Zr/c2*1-2-3-4-6-10-17-15-19-13-9-14-20(21(19)16-17)18-11-7-5-8-12-18;;;/h2*5,7-9,11-16H,2-4,6,10H2,1H3;2*1H;/q;;;;+2/p-2. The van der Waals surface area contributed by atoms with Crippen molar-refractivity contribution in [3.8, 4) is 22.3 Å². The molecule has 3 heteroatoms. The maximum atomic E-state index is 2.63. The maximum Gasteiger partial charge on any atom is -1.00 e. The van der Waals surface area contributed by atoms with Gasteiger partial charge in [0.25, 0.3) is 0 Å². The van der Waals surface area contributed by atoms with Crippen LogP contribution in [0.15, 0.2) is 108 Å². The van der Waals surface area contributed by atoms with E-state index >= 15 is 0 Å². The monoisotopic (exact) mass is 710 g/mol. The van der Waals surface area contributed by atoms with E-state index in [2.05, 4.69) is 123 Å². The molecule has 0 bridgehead atoms. The molecule has 2 atom stereocenters. The Morgan fingerprint density at radius 1 is 0.467 bits per heavy atom. The number of halogens is 2. The van der Waals surface area contributed by atoms with E-state index in [1.165, 1.54) is 97.6 Å². The summed E-state index contributed by atoms with van der Waals surface area (Å²) in [6, 6.07) is 36.5. The van der Waals surface area contributed by atoms with Crippen molar-refractivity contribution in [3.63, 3.8) is 0 Å². The summed E-state index contributed by atoms with van der Waals surface area (Å²) in [4.78, 5) is 0. The SMILES string of the molecule is CCCCCCC1=Cc2c(-c3ccccc3)cccc2[CH]1[Zr+2][CH]1C(CCCCCC)=Cc2c(-c3ccccc3)cccc21.[Cl-].[Cl-]. The first-order valence-electron chi connectivity index (χ1n) is 16.8. The third kappa shape index (κ3) is 8.22. The second kappa shape index (κ2) is 17.7. The van der Waals surface area contributed by atoms with E-state index in [0.717, 1.165) is 0 Å². The van der Waals surface area contributed by atoms with Crippen LogP contribution in [0, 0.1) is 0 Å². The zero-order valence-corrected chi connectivity index (χ0v) is 30.8. The van der Waals surface area contributed by atoms with Crippen LogP contribution in [-0.2, 0) is 23.2 Å². The van der Waals surface area contributed by atoms with Gasteiger partial charge in [0.15, 0.2) is 0 Å². The van der Waals surface area contributed by atoms with Gasteiger partial charge < -0.3 is 24.8 Å². The van der Waals surface area contributed by atoms with Crippen molar-refractivity contribution in [2.45, 2.75) is 85.3 Å². The molecule has 0 nitrogen and oxygen atoms in total. The number of benzene rings is 4. The molecular formula is C42H46Cl2Zr. The number of rotatable bonds is 14. The van der Waals surface area contributed by atoms with Gasteiger partial charge in [0, 0.05) is 0 Å². The first-order chi connectivity index (χ1) is 21.3. The smallest absolute Gasteiger partial charge is 1.00 e. The van der Waals surface area contributed by atoms with Gasteiger partial charge in [-0.25, -0.2) is 0 Å². The molecule has 2 unspecified atom stereocenters. The van der Waals surface area contributed by atoms with Crippen LogP contribution in [0.3, 0.4) is 0 Å². The molecule has 0 aliphatic heterocycles. The van der Waals surface area contributed by atoms with Crippen molar-refractivity contribution in [3.05, 3.63) is 130 Å². The van der Waals surface area contributed by atoms with Gasteiger partial charge in [-0.2, -0.15) is 0 Å². The number of hydrogen-bond donors (Lipinski definition) is 0. The third-order valence-corrected chi connectivity index (χ3v) is 14.4. The summed E-state index contributed by atoms with van der Waals surface area (Å²) in [5.41, 5.74) is 15.3. The Balaban J connectivity index is 0.00000230. The third-order valence-electron chi connectivity index (χ3n) is 9.44. The molecule has 0 aromatic heterocycles. The van der Waals surface area contributed by atoms with Gasteiger partial charge in [0.05, 0.1) is 0 Å². The van der Waals surface area contributed by atoms with Crippen LogP contribution in [0.5, 0.6) is 0 Å². The minimum absolute atomic E-state index is 0. The fourth-order valence-corrected chi connectivity index (χ4v) is 12.3. The minimum Gasteiger partial charge on any atom is -1.00 e. The van der Waals surface area contributed by atoms with Crippen molar-refractivity contribution >= 4 is 12.2 Å². The normalized spacial score (nSPS) is 16.0. The average molecular weight is 713 g/mol. The molecule has 4 aromatic rings. The van der Waals surface area contributed by atoms with E-state index < -0.39 is 23.2 Å². The van der Waals surface area contributed by atoms with E-state index in [0.29, 0.717) is 7.25 Å². The number of allylic oxidation sites excluding steroid dienone is 2. The molecule has 0 saturated heterocycles. The molecule has 2 aliphatic carbocycles. The Morgan fingerprint density at radius 2 is 0.889 bits per heavy atom. The minimum atomic E-state index is -0.943. The molecular weight excluding hydrogens is 667 g/mol. The molecule has 45 heavy (non-hydrogen) atoms. The predicted molar refractivity (Wildman–Crippen MR) is 183 cm³/mol. The van der Waals surface area contributed by atoms with Gasteiger partial charge in [-0.1, -0.05) is 0 Å². The zero-order valence-electron chi connectivity index (χ0n) is 26.9. The fraction of sp³-hybridized carbons (Fsp3) is 0.333. The number of fused-ring (bicyclic) bond motifs is 2. The summed E-state index contributed by atoms with van der Waals surface area (Å²) in [6.45, 7) is 4.65. The number of hydrogen-bond acceptors (Lipinski definition) is 0. The van der Waals surface area contributed by atoms with Gasteiger partial charge in [-0.05, 0) is 0 Å². The summed E-state index contributed by atoms with van der Waals surface area (Å²) < 4.78 is 1.30. The van der Waals surface area contributed by atoms with Crippen LogP contribution in [-0.4, -0.2) is 0 Å². The van der Waals surface area contributed by atoms with E-state index in [4.69, 9.17) is 0 Å². The molecule has 0 radical (unpaired) electrons. The fourth-order valence-electron chi connectivity index (χ4n) is 7.17. The first kappa shape index (κ1) is 35.7. The molecule has 0 N–H and O–H groups in total. The van der Waals surface area contributed by atoms with Gasteiger partial charge in [0.1, 0.15) is 0 Å². The summed E-state index contributed by atoms with van der Waals surface area (Å²) in [5, 5.41) is 0. The molecule has 232 valence electrons. The summed E-state index contributed by atoms with van der Waals surface area (Å²) in [6.07, 6.45) is 18.4. The van der Waals surface area contributed by atoms with Gasteiger partial charge in [0.2, 0.25) is 0 Å². The summed E-state index contributed by atoms with van der Waals surface area (Å²) >= 11 is -0.943. The Bertz CT molecular complexity index is 1450. The second-order valence-electron chi connectivity index (χ2n) is 12.4. The molecule has 0 spiro atoms. The molecule has 4 aromatic carbocycles. The topological polar surface area (TPSA) is 0 Å². The second-order valence-corrected chi connectivity index (χ2v) is 16.1. The van der Waals surface area contributed by atoms with Crippen molar-refractivity contribution in [1.82, 2.24) is 0 Å². The summed E-state index contributed by atoms with van der Waals surface area (Å²) in [7, 11) is 0. The molecule has 0 heterocycles. The molecule has 0 fully saturated rings. The average Bonchev–Trinajstić information content (AvgIpc) is 3.60. The number of unbranched alkanes of at least 4 members (excludes halogenated alkanes) is 6. The Kier molecular flexibility index (Phi) is 14.0. The van der Waals surface area contributed by atoms with Crippen LogP contribution in [0.2, 0.25) is 0 Å². The van der Waals surface area contributed by atoms with Gasteiger partial charge in [-0.15, -0.1) is 0 Å². The van der Waals surface area contributed by atoms with Crippen molar-refractivity contribution in [1.29, 1.82) is 0 Å². The van der Waals surface area contributed by atoms with Crippen LogP contribution in [0.1, 0.15) is 108 Å². The largest absolute Gasteiger partial charge is 1.00 e. The Morgan fingerprint density at radius 3 is 1.29 bits per heavy atom. The predicted octanol–water partition coefficient (Wildman–Crippen LogP) is 6.63. The quantitative estimate of drug-likeness (QED) is 0.129. The van der Waals surface area contributed by atoms with E-state index in [9.17, 15) is 0 Å². The molecule has 2 aliphatic rings. The van der Waals surface area contributed by atoms with Crippen LogP contribution in [0.4, 0.5) is 0 Å². The zero-order chi connectivity index (χ0) is 29.4. The van der Waals surface area contributed by atoms with Gasteiger partial charge in [-0.3, -0.25) is 0 Å². The van der Waals surface area contributed by atoms with E-state index in [1.807, 2.05) is 0 Å². The molecule has 6 rings (SSSR count). The van der Waals surface area contributed by atoms with E-state index in [-0.39, 0.29) is 24.8 Å².